The van der Waals surface area contributed by atoms with Crippen molar-refractivity contribution in [3.05, 3.63) is 54.4 Å². The van der Waals surface area contributed by atoms with Crippen LogP contribution in [0.5, 0.6) is 11.5 Å². The highest BCUT2D eigenvalue weighted by Gasteiger charge is 2.30. The maximum atomic E-state index is 11.7. The summed E-state index contributed by atoms with van der Waals surface area (Å²) in [7, 11) is 3.16. The van der Waals surface area contributed by atoms with E-state index in [0.29, 0.717) is 22.8 Å². The molecule has 10 heteroatoms. The van der Waals surface area contributed by atoms with Gasteiger partial charge in [-0.15, -0.1) is 10.2 Å². The van der Waals surface area contributed by atoms with Crippen molar-refractivity contribution in [3.8, 4) is 34.2 Å². The Hall–Kier alpha value is -4.31. The summed E-state index contributed by atoms with van der Waals surface area (Å²) >= 11 is 0. The normalized spacial score (nSPS) is 13.6. The minimum atomic E-state index is -0.385. The molecular formula is C24H20N4O6. The molecule has 0 atom stereocenters. The average molecular weight is 460 g/mol. The Labute approximate surface area is 194 Å². The highest BCUT2D eigenvalue weighted by Crippen LogP contribution is 2.35. The molecule has 5 rings (SSSR count). The highest BCUT2D eigenvalue weighted by atomic mass is 16.7. The molecule has 2 aromatic carbocycles. The third-order valence-electron chi connectivity index (χ3n) is 5.42. The Bertz CT molecular complexity index is 1380. The Morgan fingerprint density at radius 1 is 0.941 bits per heavy atom. The van der Waals surface area contributed by atoms with Crippen LogP contribution in [0.3, 0.4) is 0 Å². The second-order valence-electron chi connectivity index (χ2n) is 7.50. The molecule has 1 aliphatic rings. The molecule has 2 aromatic heterocycles. The molecule has 0 aliphatic carbocycles. The van der Waals surface area contributed by atoms with Crippen molar-refractivity contribution in [1.29, 1.82) is 0 Å². The van der Waals surface area contributed by atoms with Crippen LogP contribution in [0, 0.1) is 0 Å². The van der Waals surface area contributed by atoms with Crippen LogP contribution in [0.25, 0.3) is 33.6 Å². The number of carbonyl (C=O) groups excluding carboxylic acids is 2. The van der Waals surface area contributed by atoms with Gasteiger partial charge in [0.15, 0.2) is 18.1 Å². The summed E-state index contributed by atoms with van der Waals surface area (Å²) in [5, 5.41) is 9.75. The van der Waals surface area contributed by atoms with Crippen LogP contribution in [0.1, 0.15) is 18.7 Å². The summed E-state index contributed by atoms with van der Waals surface area (Å²) in [6.45, 7) is -0.198. The zero-order chi connectivity index (χ0) is 23.7. The van der Waals surface area contributed by atoms with Gasteiger partial charge in [-0.1, -0.05) is 18.2 Å². The predicted octanol–water partition coefficient (Wildman–Crippen LogP) is 3.55. The predicted molar refractivity (Wildman–Crippen MR) is 119 cm³/mol. The van der Waals surface area contributed by atoms with E-state index in [9.17, 15) is 9.59 Å². The Kier molecular flexibility index (Phi) is 5.64. The van der Waals surface area contributed by atoms with Gasteiger partial charge in [0.1, 0.15) is 0 Å². The van der Waals surface area contributed by atoms with Gasteiger partial charge in [0.25, 0.3) is 11.8 Å². The van der Waals surface area contributed by atoms with Crippen molar-refractivity contribution < 1.29 is 28.3 Å². The molecular weight excluding hydrogens is 440 g/mol. The van der Waals surface area contributed by atoms with Gasteiger partial charge in [0, 0.05) is 23.8 Å². The average Bonchev–Trinajstić information content (AvgIpc) is 3.47. The van der Waals surface area contributed by atoms with E-state index in [4.69, 9.17) is 23.7 Å². The minimum absolute atomic E-state index is 0.135. The van der Waals surface area contributed by atoms with Crippen LogP contribution >= 0.6 is 0 Å². The second kappa shape index (κ2) is 8.91. The number of methoxy groups -OCH3 is 2. The van der Waals surface area contributed by atoms with Crippen molar-refractivity contribution in [1.82, 2.24) is 20.2 Å². The zero-order valence-corrected chi connectivity index (χ0v) is 18.5. The van der Waals surface area contributed by atoms with Gasteiger partial charge in [-0.3, -0.25) is 14.4 Å². The Morgan fingerprint density at radius 3 is 2.47 bits per heavy atom. The first kappa shape index (κ1) is 21.5. The zero-order valence-electron chi connectivity index (χ0n) is 18.5. The lowest BCUT2D eigenvalue weighted by atomic mass is 10.0. The number of fused-ring (bicyclic) bond motifs is 1. The van der Waals surface area contributed by atoms with E-state index in [1.807, 2.05) is 48.5 Å². The molecule has 10 nitrogen and oxygen atoms in total. The fourth-order valence-corrected chi connectivity index (χ4v) is 3.74. The molecule has 1 saturated heterocycles. The maximum absolute atomic E-state index is 11.7. The molecule has 4 aromatic rings. The van der Waals surface area contributed by atoms with E-state index in [-0.39, 0.29) is 43.0 Å². The first-order valence-electron chi connectivity index (χ1n) is 10.5. The molecule has 0 spiro atoms. The van der Waals surface area contributed by atoms with E-state index < -0.39 is 0 Å². The van der Waals surface area contributed by atoms with E-state index in [0.717, 1.165) is 21.5 Å². The van der Waals surface area contributed by atoms with Crippen LogP contribution < -0.4 is 9.47 Å². The third-order valence-corrected chi connectivity index (χ3v) is 5.42. The lowest BCUT2D eigenvalue weighted by molar-refractivity contribution is -0.192. The fourth-order valence-electron chi connectivity index (χ4n) is 3.74. The van der Waals surface area contributed by atoms with Gasteiger partial charge >= 0.3 is 0 Å². The van der Waals surface area contributed by atoms with Crippen LogP contribution in [0.4, 0.5) is 0 Å². The number of hydrogen-bond acceptors (Lipinski definition) is 9. The lowest BCUT2D eigenvalue weighted by Gasteiger charge is -2.11. The van der Waals surface area contributed by atoms with Crippen molar-refractivity contribution >= 4 is 22.7 Å². The quantitative estimate of drug-likeness (QED) is 0.382. The van der Waals surface area contributed by atoms with Gasteiger partial charge in [-0.25, -0.2) is 4.98 Å². The summed E-state index contributed by atoms with van der Waals surface area (Å²) in [6, 6.07) is 15.0. The minimum Gasteiger partial charge on any atom is -0.493 e. The van der Waals surface area contributed by atoms with Gasteiger partial charge in [-0.05, 0) is 30.3 Å². The number of hydrogen-bond donors (Lipinski definition) is 0. The van der Waals surface area contributed by atoms with Crippen LogP contribution in [-0.2, 0) is 21.0 Å². The molecule has 2 amide bonds. The van der Waals surface area contributed by atoms with Crippen LogP contribution in [0.15, 0.2) is 52.9 Å². The fraction of sp³-hybridized carbons (Fsp3) is 0.208. The van der Waals surface area contributed by atoms with E-state index in [2.05, 4.69) is 10.2 Å². The molecule has 1 fully saturated rings. The number of pyridine rings is 1. The molecule has 0 radical (unpaired) electrons. The van der Waals surface area contributed by atoms with Gasteiger partial charge in [-0.2, -0.15) is 5.06 Å². The largest absolute Gasteiger partial charge is 0.493 e. The van der Waals surface area contributed by atoms with Gasteiger partial charge < -0.3 is 13.9 Å². The van der Waals surface area contributed by atoms with Gasteiger partial charge in [0.2, 0.25) is 11.8 Å². The van der Waals surface area contributed by atoms with Crippen LogP contribution in [-0.4, -0.2) is 46.3 Å². The van der Waals surface area contributed by atoms with Crippen molar-refractivity contribution in [3.63, 3.8) is 0 Å². The Balaban J connectivity index is 1.50. The summed E-state index contributed by atoms with van der Waals surface area (Å²) in [6.07, 6.45) is 0.270. The number of para-hydroxylation sites is 1. The number of ether oxygens (including phenoxy) is 2. The van der Waals surface area contributed by atoms with Gasteiger partial charge in [0.05, 0.1) is 31.0 Å². The molecule has 0 N–H and O–H groups in total. The number of carbonyl (C=O) groups is 2. The SMILES string of the molecule is COc1ccc(-c2cc(-c3nnc(CON4C(=O)CCC4=O)o3)c3ccccc3n2)cc1OC. The number of benzene rings is 2. The van der Waals surface area contributed by atoms with E-state index in [1.165, 1.54) is 0 Å². The molecule has 0 bridgehead atoms. The second-order valence-corrected chi connectivity index (χ2v) is 7.50. The molecule has 0 saturated carbocycles. The molecule has 172 valence electrons. The highest BCUT2D eigenvalue weighted by molar-refractivity contribution is 6.00. The third kappa shape index (κ3) is 3.95. The first-order chi connectivity index (χ1) is 16.6. The summed E-state index contributed by atoms with van der Waals surface area (Å²) in [5.41, 5.74) is 2.93. The number of aromatic nitrogens is 3. The Morgan fingerprint density at radius 2 is 1.71 bits per heavy atom. The molecule has 1 aliphatic heterocycles. The lowest BCUT2D eigenvalue weighted by Crippen LogP contribution is -2.29. The molecule has 3 heterocycles. The number of imide groups is 1. The molecule has 0 unspecified atom stereocenters. The molecule has 34 heavy (non-hydrogen) atoms. The summed E-state index contributed by atoms with van der Waals surface area (Å²) in [5.74, 6) is 0.825. The number of nitrogens with zero attached hydrogens (tertiary/aromatic N) is 4. The van der Waals surface area contributed by atoms with Crippen LogP contribution in [0.2, 0.25) is 0 Å². The monoisotopic (exact) mass is 460 g/mol. The van der Waals surface area contributed by atoms with Crippen molar-refractivity contribution in [2.75, 3.05) is 14.2 Å². The topological polar surface area (TPSA) is 117 Å². The number of rotatable bonds is 7. The summed E-state index contributed by atoms with van der Waals surface area (Å²) in [4.78, 5) is 33.5. The van der Waals surface area contributed by atoms with E-state index in [1.54, 1.807) is 14.2 Å². The number of amides is 2. The maximum Gasteiger partial charge on any atom is 0.254 e. The smallest absolute Gasteiger partial charge is 0.254 e. The number of hydroxylamine groups is 2. The summed E-state index contributed by atoms with van der Waals surface area (Å²) < 4.78 is 16.6. The first-order valence-corrected chi connectivity index (χ1v) is 10.5. The van der Waals surface area contributed by atoms with Crippen molar-refractivity contribution in [2.45, 2.75) is 19.4 Å². The van der Waals surface area contributed by atoms with Crippen molar-refractivity contribution in [2.24, 2.45) is 0 Å². The van der Waals surface area contributed by atoms with E-state index >= 15 is 0 Å². The standard InChI is InChI=1S/C24H20N4O6/c1-31-19-8-7-14(11-20(19)32-2)18-12-16(15-5-3-4-6-17(15)25-18)24-27-26-21(34-24)13-33-28-22(29)9-10-23(28)30/h3-8,11-12H,9-10,13H2,1-2H3.